The summed E-state index contributed by atoms with van der Waals surface area (Å²) in [6.07, 6.45) is 1.53. The van der Waals surface area contributed by atoms with Crippen LogP contribution in [0.15, 0.2) is 52.8 Å². The molecule has 4 nitrogen and oxygen atoms in total. The Bertz CT molecular complexity index is 848. The third-order valence-electron chi connectivity index (χ3n) is 3.21. The van der Waals surface area contributed by atoms with E-state index in [4.69, 9.17) is 5.11 Å². The fourth-order valence-electron chi connectivity index (χ4n) is 2.24. The molecule has 3 rings (SSSR count). The Balaban J connectivity index is 2.40. The Morgan fingerprint density at radius 2 is 1.75 bits per heavy atom. The number of aromatic carboxylic acids is 1. The van der Waals surface area contributed by atoms with Gasteiger partial charge in [-0.05, 0) is 29.3 Å². The van der Waals surface area contributed by atoms with Crippen LogP contribution in [0.1, 0.15) is 15.9 Å². The van der Waals surface area contributed by atoms with E-state index in [1.54, 1.807) is 6.07 Å². The van der Waals surface area contributed by atoms with Gasteiger partial charge in [0.25, 0.3) is 0 Å². The molecule has 0 unspecified atom stereocenters. The van der Waals surface area contributed by atoms with E-state index in [1.807, 2.05) is 24.3 Å². The molecule has 0 amide bonds. The fraction of sp³-hybridized carbons (Fsp3) is 0. The Hall–Kier alpha value is -2.40. The van der Waals surface area contributed by atoms with E-state index in [2.05, 4.69) is 0 Å². The molecule has 1 N–H and O–H groups in total. The fourth-order valence-corrected chi connectivity index (χ4v) is 3.49. The normalized spacial score (nSPS) is 15.0. The lowest BCUT2D eigenvalue weighted by atomic mass is 9.99. The molecule has 0 atom stereocenters. The van der Waals surface area contributed by atoms with Crippen LogP contribution in [0, 0.1) is 0 Å². The number of hydrogen-bond acceptors (Lipinski definition) is 3. The molecular formula is C15H10O4S. The molecule has 20 heavy (non-hydrogen) atoms. The van der Waals surface area contributed by atoms with E-state index < -0.39 is 15.8 Å². The summed E-state index contributed by atoms with van der Waals surface area (Å²) >= 11 is 0. The van der Waals surface area contributed by atoms with E-state index in [-0.39, 0.29) is 10.5 Å². The van der Waals surface area contributed by atoms with Crippen LogP contribution in [0.25, 0.3) is 17.2 Å². The Morgan fingerprint density at radius 1 is 1.00 bits per heavy atom. The summed E-state index contributed by atoms with van der Waals surface area (Å²) in [5.74, 6) is -1.15. The van der Waals surface area contributed by atoms with Crippen LogP contribution < -0.4 is 0 Å². The van der Waals surface area contributed by atoms with Gasteiger partial charge in [0.05, 0.1) is 10.5 Å². The van der Waals surface area contributed by atoms with Crippen molar-refractivity contribution in [3.63, 3.8) is 0 Å². The lowest BCUT2D eigenvalue weighted by Gasteiger charge is -2.09. The predicted molar refractivity (Wildman–Crippen MR) is 75.1 cm³/mol. The van der Waals surface area contributed by atoms with E-state index in [1.165, 1.54) is 18.2 Å². The van der Waals surface area contributed by atoms with Crippen molar-refractivity contribution in [1.29, 1.82) is 0 Å². The standard InChI is InChI=1S/C15H10O4S/c16-15(17)11-5-6-13-12-4-2-1-3-10(12)7-8-20(18,19)14(13)9-11/h1-9H,(H,16,17). The Kier molecular flexibility index (Phi) is 2.72. The van der Waals surface area contributed by atoms with Crippen LogP contribution in [-0.4, -0.2) is 19.5 Å². The quantitative estimate of drug-likeness (QED) is 0.875. The van der Waals surface area contributed by atoms with Crippen molar-refractivity contribution in [2.45, 2.75) is 4.90 Å². The van der Waals surface area contributed by atoms with Gasteiger partial charge in [-0.1, -0.05) is 30.3 Å². The van der Waals surface area contributed by atoms with Gasteiger partial charge in [-0.25, -0.2) is 13.2 Å². The zero-order valence-corrected chi connectivity index (χ0v) is 11.1. The first-order chi connectivity index (χ1) is 9.49. The van der Waals surface area contributed by atoms with Gasteiger partial charge in [-0.3, -0.25) is 0 Å². The number of carboxylic acids is 1. The number of sulfone groups is 1. The van der Waals surface area contributed by atoms with Crippen molar-refractivity contribution >= 4 is 21.9 Å². The molecule has 5 heteroatoms. The molecule has 0 saturated heterocycles. The van der Waals surface area contributed by atoms with Gasteiger partial charge < -0.3 is 5.11 Å². The summed E-state index contributed by atoms with van der Waals surface area (Å²) in [5.41, 5.74) is 2.05. The zero-order valence-electron chi connectivity index (χ0n) is 10.3. The lowest BCUT2D eigenvalue weighted by Crippen LogP contribution is -2.02. The molecule has 1 aliphatic rings. The first kappa shape index (κ1) is 12.6. The van der Waals surface area contributed by atoms with E-state index in [9.17, 15) is 13.2 Å². The number of rotatable bonds is 1. The maximum Gasteiger partial charge on any atom is 0.335 e. The van der Waals surface area contributed by atoms with Crippen LogP contribution in [0.3, 0.4) is 0 Å². The average molecular weight is 286 g/mol. The van der Waals surface area contributed by atoms with Crippen LogP contribution >= 0.6 is 0 Å². The number of carboxylic acid groups (broad SMARTS) is 1. The highest BCUT2D eigenvalue weighted by Crippen LogP contribution is 2.35. The highest BCUT2D eigenvalue weighted by Gasteiger charge is 2.22. The number of benzene rings is 2. The molecule has 1 heterocycles. The summed E-state index contributed by atoms with van der Waals surface area (Å²) in [7, 11) is -3.65. The van der Waals surface area contributed by atoms with Gasteiger partial charge >= 0.3 is 5.97 Å². The van der Waals surface area contributed by atoms with Crippen molar-refractivity contribution in [1.82, 2.24) is 0 Å². The zero-order chi connectivity index (χ0) is 14.3. The maximum absolute atomic E-state index is 12.3. The van der Waals surface area contributed by atoms with E-state index in [0.29, 0.717) is 5.56 Å². The minimum absolute atomic E-state index is 0.0265. The minimum atomic E-state index is -3.65. The van der Waals surface area contributed by atoms with Crippen molar-refractivity contribution < 1.29 is 18.3 Å². The van der Waals surface area contributed by atoms with Gasteiger partial charge in [0.2, 0.25) is 0 Å². The van der Waals surface area contributed by atoms with E-state index in [0.717, 1.165) is 16.5 Å². The SMILES string of the molecule is O=C(O)c1ccc2c(c1)S(=O)(=O)C=Cc1ccccc1-2. The van der Waals surface area contributed by atoms with Crippen LogP contribution in [0.2, 0.25) is 0 Å². The van der Waals surface area contributed by atoms with Gasteiger partial charge in [0, 0.05) is 11.0 Å². The molecule has 1 aliphatic heterocycles. The highest BCUT2D eigenvalue weighted by molar-refractivity contribution is 7.94. The molecule has 0 aliphatic carbocycles. The smallest absolute Gasteiger partial charge is 0.335 e. The first-order valence-corrected chi connectivity index (χ1v) is 7.43. The van der Waals surface area contributed by atoms with E-state index >= 15 is 0 Å². The summed E-state index contributed by atoms with van der Waals surface area (Å²) in [5, 5.41) is 10.1. The largest absolute Gasteiger partial charge is 0.478 e. The Morgan fingerprint density at radius 3 is 2.50 bits per heavy atom. The number of fused-ring (bicyclic) bond motifs is 3. The summed E-state index contributed by atoms with van der Waals surface area (Å²) in [6, 6.07) is 11.5. The molecule has 0 fully saturated rings. The monoisotopic (exact) mass is 286 g/mol. The molecule has 2 aromatic rings. The lowest BCUT2D eigenvalue weighted by molar-refractivity contribution is 0.0696. The van der Waals surface area contributed by atoms with Gasteiger partial charge in [0.1, 0.15) is 0 Å². The number of carbonyl (C=O) groups is 1. The van der Waals surface area contributed by atoms with Crippen molar-refractivity contribution in [2.24, 2.45) is 0 Å². The van der Waals surface area contributed by atoms with Crippen molar-refractivity contribution in [3.05, 3.63) is 59.0 Å². The first-order valence-electron chi connectivity index (χ1n) is 5.89. The molecule has 100 valence electrons. The van der Waals surface area contributed by atoms with Gasteiger partial charge in [-0.15, -0.1) is 0 Å². The second-order valence-corrected chi connectivity index (χ2v) is 6.25. The third-order valence-corrected chi connectivity index (χ3v) is 4.66. The third kappa shape index (κ3) is 1.92. The molecule has 0 bridgehead atoms. The molecule has 0 radical (unpaired) electrons. The molecule has 0 spiro atoms. The van der Waals surface area contributed by atoms with Crippen molar-refractivity contribution in [3.8, 4) is 11.1 Å². The topological polar surface area (TPSA) is 71.4 Å². The van der Waals surface area contributed by atoms with Crippen LogP contribution in [0.4, 0.5) is 0 Å². The second-order valence-electron chi connectivity index (χ2n) is 4.45. The minimum Gasteiger partial charge on any atom is -0.478 e. The molecular weight excluding hydrogens is 276 g/mol. The molecule has 0 aromatic heterocycles. The van der Waals surface area contributed by atoms with Gasteiger partial charge in [0.15, 0.2) is 9.84 Å². The van der Waals surface area contributed by atoms with Crippen LogP contribution in [-0.2, 0) is 9.84 Å². The Labute approximate surface area is 115 Å². The summed E-state index contributed by atoms with van der Waals surface area (Å²) in [6.45, 7) is 0. The van der Waals surface area contributed by atoms with Crippen molar-refractivity contribution in [2.75, 3.05) is 0 Å². The summed E-state index contributed by atoms with van der Waals surface area (Å²) < 4.78 is 24.5. The van der Waals surface area contributed by atoms with Crippen LogP contribution in [0.5, 0.6) is 0 Å². The number of hydrogen-bond donors (Lipinski definition) is 1. The summed E-state index contributed by atoms with van der Waals surface area (Å²) in [4.78, 5) is 11.0. The maximum atomic E-state index is 12.3. The molecule has 2 aromatic carbocycles. The van der Waals surface area contributed by atoms with Gasteiger partial charge in [-0.2, -0.15) is 0 Å². The average Bonchev–Trinajstić information content (AvgIpc) is 2.55. The molecule has 0 saturated carbocycles. The second kappa shape index (κ2) is 4.31. The highest BCUT2D eigenvalue weighted by atomic mass is 32.2. The predicted octanol–water partition coefficient (Wildman–Crippen LogP) is 2.81.